The van der Waals surface area contributed by atoms with Gasteiger partial charge in [-0.1, -0.05) is 11.6 Å². The second-order valence-corrected chi connectivity index (χ2v) is 3.58. The molecule has 17 heavy (non-hydrogen) atoms. The van der Waals surface area contributed by atoms with E-state index < -0.39 is 5.82 Å². The van der Waals surface area contributed by atoms with Crippen LogP contribution in [-0.4, -0.2) is 4.98 Å². The maximum atomic E-state index is 12.8. The average Bonchev–Trinajstić information content (AvgIpc) is 2.33. The highest BCUT2D eigenvalue weighted by molar-refractivity contribution is 6.32. The highest BCUT2D eigenvalue weighted by Gasteiger charge is 2.05. The van der Waals surface area contributed by atoms with Crippen molar-refractivity contribution in [1.82, 2.24) is 4.98 Å². The standard InChI is InChI=1S/C12H6ClFN2O/c13-10-6-9(14)1-2-11(10)17-12-5-8(7-15)3-4-16-12/h1-6H. The molecule has 0 N–H and O–H groups in total. The lowest BCUT2D eigenvalue weighted by Crippen LogP contribution is -1.89. The van der Waals surface area contributed by atoms with Crippen molar-refractivity contribution in [3.05, 3.63) is 52.9 Å². The van der Waals surface area contributed by atoms with Crippen LogP contribution in [0.2, 0.25) is 5.02 Å². The van der Waals surface area contributed by atoms with Gasteiger partial charge in [-0.2, -0.15) is 5.26 Å². The lowest BCUT2D eigenvalue weighted by Gasteiger charge is -2.06. The molecule has 2 aromatic rings. The van der Waals surface area contributed by atoms with Crippen LogP contribution >= 0.6 is 11.6 Å². The van der Waals surface area contributed by atoms with E-state index in [0.717, 1.165) is 6.07 Å². The number of halogens is 2. The van der Waals surface area contributed by atoms with Crippen molar-refractivity contribution in [3.8, 4) is 17.7 Å². The zero-order valence-electron chi connectivity index (χ0n) is 8.52. The summed E-state index contributed by atoms with van der Waals surface area (Å²) >= 11 is 5.80. The Hall–Kier alpha value is -2.12. The van der Waals surface area contributed by atoms with Gasteiger partial charge in [0.05, 0.1) is 16.7 Å². The molecule has 84 valence electrons. The van der Waals surface area contributed by atoms with E-state index in [1.807, 2.05) is 6.07 Å². The van der Waals surface area contributed by atoms with Gasteiger partial charge in [0, 0.05) is 12.3 Å². The van der Waals surface area contributed by atoms with Crippen molar-refractivity contribution in [1.29, 1.82) is 5.26 Å². The molecule has 0 aliphatic carbocycles. The van der Waals surface area contributed by atoms with E-state index in [9.17, 15) is 4.39 Å². The van der Waals surface area contributed by atoms with Crippen LogP contribution in [0.25, 0.3) is 0 Å². The molecule has 2 rings (SSSR count). The molecule has 0 bridgehead atoms. The molecule has 0 fully saturated rings. The monoisotopic (exact) mass is 248 g/mol. The van der Waals surface area contributed by atoms with E-state index in [-0.39, 0.29) is 16.7 Å². The molecule has 3 nitrogen and oxygen atoms in total. The number of benzene rings is 1. The SMILES string of the molecule is N#Cc1ccnc(Oc2ccc(F)cc2Cl)c1. The summed E-state index contributed by atoms with van der Waals surface area (Å²) in [4.78, 5) is 3.92. The summed E-state index contributed by atoms with van der Waals surface area (Å²) < 4.78 is 18.2. The van der Waals surface area contributed by atoms with Gasteiger partial charge in [-0.25, -0.2) is 9.37 Å². The number of hydrogen-bond donors (Lipinski definition) is 0. The van der Waals surface area contributed by atoms with Gasteiger partial charge in [0.25, 0.3) is 0 Å². The van der Waals surface area contributed by atoms with E-state index in [1.54, 1.807) is 6.07 Å². The molecule has 5 heteroatoms. The summed E-state index contributed by atoms with van der Waals surface area (Å²) in [6.07, 6.45) is 1.45. The summed E-state index contributed by atoms with van der Waals surface area (Å²) in [7, 11) is 0. The lowest BCUT2D eigenvalue weighted by molar-refractivity contribution is 0.461. The maximum Gasteiger partial charge on any atom is 0.220 e. The molecule has 1 aromatic heterocycles. The zero-order chi connectivity index (χ0) is 12.3. The minimum Gasteiger partial charge on any atom is -0.437 e. The average molecular weight is 249 g/mol. The van der Waals surface area contributed by atoms with Gasteiger partial charge in [-0.05, 0) is 24.3 Å². The van der Waals surface area contributed by atoms with Crippen LogP contribution in [0.3, 0.4) is 0 Å². The zero-order valence-corrected chi connectivity index (χ0v) is 9.28. The van der Waals surface area contributed by atoms with Gasteiger partial charge < -0.3 is 4.74 Å². The fourth-order valence-corrected chi connectivity index (χ4v) is 1.41. The summed E-state index contributed by atoms with van der Waals surface area (Å²) in [6, 6.07) is 8.77. The summed E-state index contributed by atoms with van der Waals surface area (Å²) in [5.74, 6) is 0.0781. The Bertz CT molecular complexity index is 595. The first-order valence-electron chi connectivity index (χ1n) is 4.68. The number of rotatable bonds is 2. The van der Waals surface area contributed by atoms with E-state index in [1.165, 1.54) is 24.4 Å². The van der Waals surface area contributed by atoms with Gasteiger partial charge in [-0.15, -0.1) is 0 Å². The second-order valence-electron chi connectivity index (χ2n) is 3.17. The van der Waals surface area contributed by atoms with Crippen molar-refractivity contribution in [2.24, 2.45) is 0 Å². The fourth-order valence-electron chi connectivity index (χ4n) is 1.21. The molecule has 0 spiro atoms. The first kappa shape index (κ1) is 11.4. The molecular weight excluding hydrogens is 243 g/mol. The van der Waals surface area contributed by atoms with Crippen LogP contribution in [-0.2, 0) is 0 Å². The molecule has 1 heterocycles. The molecule has 0 saturated heterocycles. The number of ether oxygens (including phenoxy) is 1. The fraction of sp³-hybridized carbons (Fsp3) is 0. The Labute approximate surface area is 102 Å². The van der Waals surface area contributed by atoms with Crippen molar-refractivity contribution >= 4 is 11.6 Å². The van der Waals surface area contributed by atoms with Crippen LogP contribution in [0, 0.1) is 17.1 Å². The van der Waals surface area contributed by atoms with E-state index in [0.29, 0.717) is 5.56 Å². The predicted octanol–water partition coefficient (Wildman–Crippen LogP) is 3.54. The molecular formula is C12H6ClFN2O. The number of nitriles is 1. The third-order valence-corrected chi connectivity index (χ3v) is 2.27. The Balaban J connectivity index is 2.28. The van der Waals surface area contributed by atoms with Crippen molar-refractivity contribution < 1.29 is 9.13 Å². The molecule has 0 amide bonds. The Morgan fingerprint density at radius 2 is 2.12 bits per heavy atom. The van der Waals surface area contributed by atoms with E-state index in [4.69, 9.17) is 21.6 Å². The molecule has 0 aliphatic rings. The van der Waals surface area contributed by atoms with E-state index in [2.05, 4.69) is 4.98 Å². The molecule has 0 atom stereocenters. The normalized spacial score (nSPS) is 9.71. The summed E-state index contributed by atoms with van der Waals surface area (Å²) in [5.41, 5.74) is 0.424. The van der Waals surface area contributed by atoms with Crippen LogP contribution < -0.4 is 4.74 Å². The van der Waals surface area contributed by atoms with Crippen LogP contribution in [0.1, 0.15) is 5.56 Å². The van der Waals surface area contributed by atoms with Gasteiger partial charge in [0.2, 0.25) is 5.88 Å². The highest BCUT2D eigenvalue weighted by Crippen LogP contribution is 2.28. The first-order chi connectivity index (χ1) is 8.19. The van der Waals surface area contributed by atoms with Crippen molar-refractivity contribution in [2.75, 3.05) is 0 Å². The summed E-state index contributed by atoms with van der Waals surface area (Å²) in [6.45, 7) is 0. The largest absolute Gasteiger partial charge is 0.437 e. The summed E-state index contributed by atoms with van der Waals surface area (Å²) in [5, 5.41) is 8.86. The molecule has 0 radical (unpaired) electrons. The van der Waals surface area contributed by atoms with Crippen LogP contribution in [0.5, 0.6) is 11.6 Å². The number of pyridine rings is 1. The van der Waals surface area contributed by atoms with Crippen LogP contribution in [0.4, 0.5) is 4.39 Å². The highest BCUT2D eigenvalue weighted by atomic mass is 35.5. The van der Waals surface area contributed by atoms with Gasteiger partial charge in [-0.3, -0.25) is 0 Å². The second kappa shape index (κ2) is 4.81. The third kappa shape index (κ3) is 2.71. The Morgan fingerprint density at radius 3 is 2.82 bits per heavy atom. The smallest absolute Gasteiger partial charge is 0.220 e. The minimum absolute atomic E-state index is 0.147. The molecule has 0 saturated carbocycles. The third-order valence-electron chi connectivity index (χ3n) is 1.97. The molecule has 1 aromatic carbocycles. The predicted molar refractivity (Wildman–Crippen MR) is 60.4 cm³/mol. The minimum atomic E-state index is -0.443. The molecule has 0 aliphatic heterocycles. The van der Waals surface area contributed by atoms with Crippen molar-refractivity contribution in [2.45, 2.75) is 0 Å². The number of aromatic nitrogens is 1. The Kier molecular flexibility index (Phi) is 3.22. The van der Waals surface area contributed by atoms with Gasteiger partial charge in [0.1, 0.15) is 11.6 Å². The quantitative estimate of drug-likeness (QED) is 0.817. The lowest BCUT2D eigenvalue weighted by atomic mass is 10.3. The van der Waals surface area contributed by atoms with Crippen LogP contribution in [0.15, 0.2) is 36.5 Å². The molecule has 0 unspecified atom stereocenters. The van der Waals surface area contributed by atoms with Gasteiger partial charge in [0.15, 0.2) is 0 Å². The first-order valence-corrected chi connectivity index (χ1v) is 5.06. The number of nitrogens with zero attached hydrogens (tertiary/aromatic N) is 2. The topological polar surface area (TPSA) is 45.9 Å². The number of hydrogen-bond acceptors (Lipinski definition) is 3. The Morgan fingerprint density at radius 1 is 1.29 bits per heavy atom. The van der Waals surface area contributed by atoms with Crippen molar-refractivity contribution in [3.63, 3.8) is 0 Å². The van der Waals surface area contributed by atoms with E-state index >= 15 is 0 Å². The van der Waals surface area contributed by atoms with Gasteiger partial charge >= 0.3 is 0 Å². The maximum absolute atomic E-state index is 12.8.